The van der Waals surface area contributed by atoms with Crippen molar-refractivity contribution in [1.29, 1.82) is 0 Å². The van der Waals surface area contributed by atoms with Crippen molar-refractivity contribution in [2.45, 2.75) is 38.6 Å². The van der Waals surface area contributed by atoms with E-state index in [0.29, 0.717) is 18.8 Å². The monoisotopic (exact) mass is 265 g/mol. The Labute approximate surface area is 112 Å². The van der Waals surface area contributed by atoms with Crippen molar-refractivity contribution < 1.29 is 19.0 Å². The Kier molecular flexibility index (Phi) is 4.50. The lowest BCUT2D eigenvalue weighted by Gasteiger charge is -2.38. The molecule has 1 aliphatic rings. The van der Waals surface area contributed by atoms with Gasteiger partial charge in [0.2, 0.25) is 0 Å². The van der Waals surface area contributed by atoms with Crippen LogP contribution in [0.5, 0.6) is 0 Å². The van der Waals surface area contributed by atoms with E-state index in [9.17, 15) is 4.79 Å². The van der Waals surface area contributed by atoms with Gasteiger partial charge in [-0.15, -0.1) is 0 Å². The molecule has 0 unspecified atom stereocenters. The summed E-state index contributed by atoms with van der Waals surface area (Å²) in [7, 11) is 0. The second-order valence-corrected chi connectivity index (χ2v) is 4.51. The number of nitrogens with zero attached hydrogens (tertiary/aromatic N) is 1. The van der Waals surface area contributed by atoms with Gasteiger partial charge < -0.3 is 14.2 Å². The van der Waals surface area contributed by atoms with E-state index in [2.05, 4.69) is 4.98 Å². The number of esters is 1. The van der Waals surface area contributed by atoms with E-state index in [1.807, 2.05) is 13.8 Å². The first-order valence-electron chi connectivity index (χ1n) is 6.58. The third-order valence-corrected chi connectivity index (χ3v) is 3.31. The van der Waals surface area contributed by atoms with Crippen LogP contribution in [-0.2, 0) is 14.2 Å². The minimum atomic E-state index is -0.517. The summed E-state index contributed by atoms with van der Waals surface area (Å²) in [6.07, 6.45) is 4.30. The van der Waals surface area contributed by atoms with Crippen molar-refractivity contribution in [3.8, 4) is 0 Å². The van der Waals surface area contributed by atoms with E-state index < -0.39 is 11.8 Å². The van der Waals surface area contributed by atoms with E-state index in [1.54, 1.807) is 18.3 Å². The first-order valence-corrected chi connectivity index (χ1v) is 6.58. The summed E-state index contributed by atoms with van der Waals surface area (Å²) in [6, 6.07) is 3.37. The first-order chi connectivity index (χ1) is 9.19. The predicted octanol–water partition coefficient (Wildman–Crippen LogP) is 2.17. The Balaban J connectivity index is 1.88. The normalized spacial score (nSPS) is 19.1. The quantitative estimate of drug-likeness (QED) is 0.781. The zero-order valence-electron chi connectivity index (χ0n) is 11.3. The molecular weight excluding hydrogens is 246 g/mol. The molecule has 104 valence electrons. The summed E-state index contributed by atoms with van der Waals surface area (Å²) in [6.45, 7) is 4.78. The maximum Gasteiger partial charge on any atom is 0.340 e. The molecule has 0 amide bonds. The molecule has 0 saturated carbocycles. The van der Waals surface area contributed by atoms with Gasteiger partial charge in [-0.05, 0) is 25.0 Å². The van der Waals surface area contributed by atoms with Gasteiger partial charge in [-0.2, -0.15) is 0 Å². The van der Waals surface area contributed by atoms with Crippen molar-refractivity contribution in [3.63, 3.8) is 0 Å². The molecule has 1 aromatic heterocycles. The molecule has 1 aromatic rings. The van der Waals surface area contributed by atoms with Gasteiger partial charge in [0, 0.05) is 12.4 Å². The lowest BCUT2D eigenvalue weighted by Crippen LogP contribution is -2.46. The minimum Gasteiger partial charge on any atom is -0.454 e. The van der Waals surface area contributed by atoms with Crippen LogP contribution < -0.4 is 0 Å². The molecule has 0 atom stereocenters. The van der Waals surface area contributed by atoms with Gasteiger partial charge in [-0.1, -0.05) is 13.8 Å². The van der Waals surface area contributed by atoms with E-state index in [1.165, 1.54) is 6.20 Å². The number of aromatic nitrogens is 1. The minimum absolute atomic E-state index is 0.362. The van der Waals surface area contributed by atoms with Crippen LogP contribution in [0.1, 0.15) is 37.0 Å². The van der Waals surface area contributed by atoms with Gasteiger partial charge >= 0.3 is 5.97 Å². The first kappa shape index (κ1) is 14.0. The van der Waals surface area contributed by atoms with Crippen LogP contribution in [0, 0.1) is 0 Å². The van der Waals surface area contributed by atoms with Crippen LogP contribution in [0.4, 0.5) is 0 Å². The van der Waals surface area contributed by atoms with E-state index in [0.717, 1.165) is 12.8 Å². The molecule has 1 fully saturated rings. The van der Waals surface area contributed by atoms with Gasteiger partial charge in [0.05, 0.1) is 18.8 Å². The lowest BCUT2D eigenvalue weighted by atomic mass is 10.1. The zero-order chi connectivity index (χ0) is 13.7. The molecule has 0 spiro atoms. The molecule has 19 heavy (non-hydrogen) atoms. The molecule has 2 heterocycles. The Bertz CT molecular complexity index is 407. The topological polar surface area (TPSA) is 57.7 Å². The zero-order valence-corrected chi connectivity index (χ0v) is 11.3. The largest absolute Gasteiger partial charge is 0.454 e. The van der Waals surface area contributed by atoms with Crippen LogP contribution in [0.2, 0.25) is 0 Å². The second kappa shape index (κ2) is 6.12. The molecule has 5 nitrogen and oxygen atoms in total. The number of ether oxygens (including phenoxy) is 3. The molecule has 1 saturated heterocycles. The molecule has 1 aliphatic heterocycles. The molecule has 0 aromatic carbocycles. The summed E-state index contributed by atoms with van der Waals surface area (Å²) in [4.78, 5) is 15.7. The Morgan fingerprint density at radius 1 is 1.42 bits per heavy atom. The Hall–Kier alpha value is -1.46. The fourth-order valence-electron chi connectivity index (χ4n) is 2.01. The maximum absolute atomic E-state index is 11.8. The van der Waals surface area contributed by atoms with E-state index >= 15 is 0 Å². The van der Waals surface area contributed by atoms with Crippen LogP contribution in [-0.4, -0.2) is 36.1 Å². The van der Waals surface area contributed by atoms with Gasteiger partial charge in [-0.3, -0.25) is 4.98 Å². The smallest absolute Gasteiger partial charge is 0.340 e. The average molecular weight is 265 g/mol. The lowest BCUT2D eigenvalue weighted by molar-refractivity contribution is -0.293. The summed E-state index contributed by atoms with van der Waals surface area (Å²) in [5.74, 6) is -0.914. The summed E-state index contributed by atoms with van der Waals surface area (Å²) in [5.41, 5.74) is 0.435. The molecular formula is C14H19NO4. The molecule has 0 N–H and O–H groups in total. The molecule has 5 heteroatoms. The van der Waals surface area contributed by atoms with Crippen LogP contribution in [0.25, 0.3) is 0 Å². The van der Waals surface area contributed by atoms with Gasteiger partial charge in [0.25, 0.3) is 0 Å². The summed E-state index contributed by atoms with van der Waals surface area (Å²) in [5, 5.41) is 0. The predicted molar refractivity (Wildman–Crippen MR) is 68.7 cm³/mol. The van der Waals surface area contributed by atoms with Gasteiger partial charge in [-0.25, -0.2) is 4.79 Å². The summed E-state index contributed by atoms with van der Waals surface area (Å²) >= 11 is 0. The number of hydrogen-bond donors (Lipinski definition) is 0. The fourth-order valence-corrected chi connectivity index (χ4v) is 2.01. The number of rotatable bonds is 4. The standard InChI is InChI=1S/C14H19NO4/c1-3-14(4-2)17-9-12(10-18-14)19-13(16)11-6-5-7-15-8-11/h5-8,12H,3-4,9-10H2,1-2H3. The molecule has 2 rings (SSSR count). The van der Waals surface area contributed by atoms with Crippen LogP contribution in [0.15, 0.2) is 24.5 Å². The average Bonchev–Trinajstić information content (AvgIpc) is 2.49. The van der Waals surface area contributed by atoms with Crippen molar-refractivity contribution in [1.82, 2.24) is 4.98 Å². The van der Waals surface area contributed by atoms with E-state index in [-0.39, 0.29) is 6.10 Å². The molecule has 0 radical (unpaired) electrons. The van der Waals surface area contributed by atoms with Crippen LogP contribution >= 0.6 is 0 Å². The van der Waals surface area contributed by atoms with Crippen LogP contribution in [0.3, 0.4) is 0 Å². The Morgan fingerprint density at radius 2 is 2.11 bits per heavy atom. The third-order valence-electron chi connectivity index (χ3n) is 3.31. The SMILES string of the molecule is CCC1(CC)OCC(OC(=O)c2cccnc2)CO1. The van der Waals surface area contributed by atoms with E-state index in [4.69, 9.17) is 14.2 Å². The van der Waals surface area contributed by atoms with Crippen molar-refractivity contribution in [2.24, 2.45) is 0 Å². The maximum atomic E-state index is 11.8. The number of carbonyl (C=O) groups excluding carboxylic acids is 1. The number of pyridine rings is 1. The third kappa shape index (κ3) is 3.30. The highest BCUT2D eigenvalue weighted by Gasteiger charge is 2.35. The van der Waals surface area contributed by atoms with Gasteiger partial charge in [0.15, 0.2) is 5.79 Å². The van der Waals surface area contributed by atoms with Crippen molar-refractivity contribution in [2.75, 3.05) is 13.2 Å². The van der Waals surface area contributed by atoms with Gasteiger partial charge in [0.1, 0.15) is 6.10 Å². The Morgan fingerprint density at radius 3 is 2.63 bits per heavy atom. The highest BCUT2D eigenvalue weighted by molar-refractivity contribution is 5.89. The number of carbonyl (C=O) groups is 1. The molecule has 0 aliphatic carbocycles. The number of hydrogen-bond acceptors (Lipinski definition) is 5. The second-order valence-electron chi connectivity index (χ2n) is 4.51. The highest BCUT2D eigenvalue weighted by atomic mass is 16.7. The highest BCUT2D eigenvalue weighted by Crippen LogP contribution is 2.27. The van der Waals surface area contributed by atoms with Crippen molar-refractivity contribution >= 4 is 5.97 Å². The van der Waals surface area contributed by atoms with Crippen molar-refractivity contribution in [3.05, 3.63) is 30.1 Å². The fraction of sp³-hybridized carbons (Fsp3) is 0.571. The summed E-state index contributed by atoms with van der Waals surface area (Å²) < 4.78 is 16.7. The molecule has 0 bridgehead atoms.